The molecule has 0 amide bonds. The van der Waals surface area contributed by atoms with E-state index in [0.29, 0.717) is 17.9 Å². The highest BCUT2D eigenvalue weighted by Crippen LogP contribution is 2.23. The van der Waals surface area contributed by atoms with E-state index in [2.05, 4.69) is 13.8 Å². The molecule has 1 N–H and O–H groups in total. The zero-order valence-electron chi connectivity index (χ0n) is 8.87. The Labute approximate surface area is 84.6 Å². The van der Waals surface area contributed by atoms with Gasteiger partial charge in [0.15, 0.2) is 0 Å². The Bertz CT molecular complexity index is 340. The Morgan fingerprint density at radius 1 is 1.43 bits per heavy atom. The molecule has 0 unspecified atom stereocenters. The van der Waals surface area contributed by atoms with Gasteiger partial charge < -0.3 is 5.11 Å². The molecule has 0 spiro atoms. The fraction of sp³-hybridized carbons (Fsp3) is 0.417. The third-order valence-electron chi connectivity index (χ3n) is 2.22. The number of hydrogen-bond acceptors (Lipinski definition) is 2. The van der Waals surface area contributed by atoms with Gasteiger partial charge in [-0.15, -0.1) is 0 Å². The smallest absolute Gasteiger partial charge is 0.134 e. The third-order valence-corrected chi connectivity index (χ3v) is 2.22. The fourth-order valence-corrected chi connectivity index (χ4v) is 1.36. The minimum absolute atomic E-state index is 0.0672. The second-order valence-electron chi connectivity index (χ2n) is 3.92. The van der Waals surface area contributed by atoms with E-state index in [-0.39, 0.29) is 11.5 Å². The molecule has 0 aromatic heterocycles. The highest BCUT2D eigenvalue weighted by molar-refractivity contribution is 5.78. The van der Waals surface area contributed by atoms with Crippen LogP contribution in [-0.4, -0.2) is 10.9 Å². The van der Waals surface area contributed by atoms with Crippen LogP contribution < -0.4 is 0 Å². The van der Waals surface area contributed by atoms with E-state index in [1.165, 1.54) is 6.92 Å². The van der Waals surface area contributed by atoms with Gasteiger partial charge in [0.1, 0.15) is 11.5 Å². The van der Waals surface area contributed by atoms with Crippen LogP contribution in [0.25, 0.3) is 0 Å². The molecule has 2 nitrogen and oxygen atoms in total. The van der Waals surface area contributed by atoms with E-state index in [0.717, 1.165) is 5.56 Å². The van der Waals surface area contributed by atoms with Crippen LogP contribution in [-0.2, 0) is 11.2 Å². The summed E-state index contributed by atoms with van der Waals surface area (Å²) in [5, 5.41) is 9.64. The molecule has 0 atom stereocenters. The van der Waals surface area contributed by atoms with E-state index < -0.39 is 0 Å². The van der Waals surface area contributed by atoms with Gasteiger partial charge in [0.05, 0.1) is 0 Å². The van der Waals surface area contributed by atoms with E-state index in [9.17, 15) is 9.90 Å². The minimum atomic E-state index is 0.0672. The van der Waals surface area contributed by atoms with Gasteiger partial charge in [-0.3, -0.25) is 4.79 Å². The van der Waals surface area contributed by atoms with Crippen LogP contribution in [0.1, 0.15) is 37.8 Å². The predicted octanol–water partition coefficient (Wildman–Crippen LogP) is 2.65. The summed E-state index contributed by atoms with van der Waals surface area (Å²) in [6, 6.07) is 5.53. The first kappa shape index (κ1) is 10.8. The van der Waals surface area contributed by atoms with Gasteiger partial charge in [-0.25, -0.2) is 0 Å². The summed E-state index contributed by atoms with van der Waals surface area (Å²) >= 11 is 0. The van der Waals surface area contributed by atoms with Crippen LogP contribution in [0, 0.1) is 0 Å². The molecule has 0 saturated carbocycles. The van der Waals surface area contributed by atoms with E-state index >= 15 is 0 Å². The van der Waals surface area contributed by atoms with Crippen molar-refractivity contribution >= 4 is 5.78 Å². The molecule has 2 heteroatoms. The molecular weight excluding hydrogens is 176 g/mol. The van der Waals surface area contributed by atoms with Gasteiger partial charge in [-0.1, -0.05) is 26.0 Å². The molecule has 0 aliphatic rings. The zero-order valence-corrected chi connectivity index (χ0v) is 8.87. The van der Waals surface area contributed by atoms with E-state index in [4.69, 9.17) is 0 Å². The Morgan fingerprint density at radius 2 is 2.07 bits per heavy atom. The molecule has 1 aromatic rings. The largest absolute Gasteiger partial charge is 0.508 e. The van der Waals surface area contributed by atoms with Crippen molar-refractivity contribution in [2.24, 2.45) is 0 Å². The van der Waals surface area contributed by atoms with Gasteiger partial charge >= 0.3 is 0 Å². The number of carbonyl (C=O) groups is 1. The van der Waals surface area contributed by atoms with E-state index in [1.54, 1.807) is 6.07 Å². The monoisotopic (exact) mass is 192 g/mol. The second-order valence-corrected chi connectivity index (χ2v) is 3.92. The molecule has 1 rings (SSSR count). The first-order chi connectivity index (χ1) is 6.50. The highest BCUT2D eigenvalue weighted by atomic mass is 16.3. The SMILES string of the molecule is CC(=O)Cc1ccc(C(C)C)cc1O. The molecule has 0 fully saturated rings. The average Bonchev–Trinajstić information content (AvgIpc) is 2.07. The standard InChI is InChI=1S/C12H16O2/c1-8(2)10-4-5-11(6-9(3)13)12(14)7-10/h4-5,7-8,14H,6H2,1-3H3. The zero-order chi connectivity index (χ0) is 10.7. The quantitative estimate of drug-likeness (QED) is 0.799. The Hall–Kier alpha value is -1.31. The molecular formula is C12H16O2. The van der Waals surface area contributed by atoms with Crippen LogP contribution in [0.2, 0.25) is 0 Å². The number of hydrogen-bond donors (Lipinski definition) is 1. The van der Waals surface area contributed by atoms with Crippen LogP contribution in [0.5, 0.6) is 5.75 Å². The average molecular weight is 192 g/mol. The van der Waals surface area contributed by atoms with Crippen molar-refractivity contribution in [1.29, 1.82) is 0 Å². The molecule has 0 saturated heterocycles. The van der Waals surface area contributed by atoms with E-state index in [1.807, 2.05) is 12.1 Å². The summed E-state index contributed by atoms with van der Waals surface area (Å²) in [6.07, 6.45) is 0.310. The fourth-order valence-electron chi connectivity index (χ4n) is 1.36. The lowest BCUT2D eigenvalue weighted by Gasteiger charge is -2.08. The van der Waals surface area contributed by atoms with Crippen molar-refractivity contribution in [3.05, 3.63) is 29.3 Å². The lowest BCUT2D eigenvalue weighted by Crippen LogP contribution is -1.97. The van der Waals surface area contributed by atoms with Crippen molar-refractivity contribution in [1.82, 2.24) is 0 Å². The number of Topliss-reactive ketones (excluding diaryl/α,β-unsaturated/α-hetero) is 1. The molecule has 0 bridgehead atoms. The Morgan fingerprint density at radius 3 is 2.50 bits per heavy atom. The number of carbonyl (C=O) groups excluding carboxylic acids is 1. The summed E-state index contributed by atoms with van der Waals surface area (Å²) in [4.78, 5) is 10.9. The van der Waals surface area contributed by atoms with Gasteiger partial charge in [0, 0.05) is 12.0 Å². The molecule has 0 heterocycles. The summed E-state index contributed by atoms with van der Waals surface area (Å²) in [7, 11) is 0. The molecule has 0 radical (unpaired) electrons. The predicted molar refractivity (Wildman–Crippen MR) is 56.6 cm³/mol. The van der Waals surface area contributed by atoms with Crippen molar-refractivity contribution in [2.45, 2.75) is 33.1 Å². The molecule has 14 heavy (non-hydrogen) atoms. The Balaban J connectivity index is 2.95. The maximum absolute atomic E-state index is 10.9. The van der Waals surface area contributed by atoms with Gasteiger partial charge in [-0.05, 0) is 24.5 Å². The summed E-state index contributed by atoms with van der Waals surface area (Å²) < 4.78 is 0. The number of benzene rings is 1. The topological polar surface area (TPSA) is 37.3 Å². The van der Waals surface area contributed by atoms with Crippen molar-refractivity contribution in [3.63, 3.8) is 0 Å². The highest BCUT2D eigenvalue weighted by Gasteiger charge is 2.06. The van der Waals surface area contributed by atoms with Gasteiger partial charge in [-0.2, -0.15) is 0 Å². The number of aromatic hydroxyl groups is 1. The number of phenols is 1. The maximum Gasteiger partial charge on any atom is 0.134 e. The summed E-state index contributed by atoms with van der Waals surface area (Å²) in [5.41, 5.74) is 1.80. The second kappa shape index (κ2) is 4.27. The van der Waals surface area contributed by atoms with Crippen LogP contribution in [0.15, 0.2) is 18.2 Å². The van der Waals surface area contributed by atoms with Crippen molar-refractivity contribution in [2.75, 3.05) is 0 Å². The normalized spacial score (nSPS) is 10.6. The van der Waals surface area contributed by atoms with Gasteiger partial charge in [0.25, 0.3) is 0 Å². The van der Waals surface area contributed by atoms with Crippen LogP contribution in [0.3, 0.4) is 0 Å². The number of rotatable bonds is 3. The first-order valence-electron chi connectivity index (χ1n) is 4.82. The molecule has 0 aliphatic carbocycles. The lowest BCUT2D eigenvalue weighted by atomic mass is 9.99. The van der Waals surface area contributed by atoms with Crippen molar-refractivity contribution in [3.8, 4) is 5.75 Å². The van der Waals surface area contributed by atoms with Crippen LogP contribution >= 0.6 is 0 Å². The minimum Gasteiger partial charge on any atom is -0.508 e. The number of phenolic OH excluding ortho intramolecular Hbond substituents is 1. The number of ketones is 1. The van der Waals surface area contributed by atoms with Crippen LogP contribution in [0.4, 0.5) is 0 Å². The molecule has 76 valence electrons. The van der Waals surface area contributed by atoms with Gasteiger partial charge in [0.2, 0.25) is 0 Å². The maximum atomic E-state index is 10.9. The first-order valence-corrected chi connectivity index (χ1v) is 4.82. The van der Waals surface area contributed by atoms with Crippen molar-refractivity contribution < 1.29 is 9.90 Å². The summed E-state index contributed by atoms with van der Waals surface area (Å²) in [5.74, 6) is 0.691. The molecule has 0 aliphatic heterocycles. The molecule has 1 aromatic carbocycles. The summed E-state index contributed by atoms with van der Waals surface area (Å²) in [6.45, 7) is 5.66. The Kier molecular flexibility index (Phi) is 3.28. The third kappa shape index (κ3) is 2.59. The lowest BCUT2D eigenvalue weighted by molar-refractivity contribution is -0.116.